The molecule has 0 radical (unpaired) electrons. The Morgan fingerprint density at radius 3 is 2.21 bits per heavy atom. The second-order valence-corrected chi connectivity index (χ2v) is 6.15. The summed E-state index contributed by atoms with van der Waals surface area (Å²) in [7, 11) is 1.78. The highest BCUT2D eigenvalue weighted by atomic mass is 16.5. The van der Waals surface area contributed by atoms with Crippen LogP contribution in [0.15, 0.2) is 0 Å². The van der Waals surface area contributed by atoms with Crippen molar-refractivity contribution in [1.82, 2.24) is 9.80 Å². The summed E-state index contributed by atoms with van der Waals surface area (Å²) in [5, 5.41) is 0. The molecule has 1 saturated heterocycles. The Morgan fingerprint density at radius 1 is 1.26 bits per heavy atom. The summed E-state index contributed by atoms with van der Waals surface area (Å²) in [6.07, 6.45) is 2.34. The lowest BCUT2D eigenvalue weighted by Crippen LogP contribution is -2.62. The molecule has 1 aliphatic heterocycles. The molecular weight excluding hydrogens is 238 g/mol. The quantitative estimate of drug-likeness (QED) is 0.763. The molecule has 1 heterocycles. The lowest BCUT2D eigenvalue weighted by atomic mass is 9.84. The number of hydrogen-bond acceptors (Lipinski definition) is 4. The molecule has 1 atom stereocenters. The van der Waals surface area contributed by atoms with Crippen LogP contribution in [0.3, 0.4) is 0 Å². The van der Waals surface area contributed by atoms with Crippen molar-refractivity contribution < 1.29 is 4.74 Å². The van der Waals surface area contributed by atoms with Crippen LogP contribution < -0.4 is 5.73 Å². The van der Waals surface area contributed by atoms with Crippen molar-refractivity contribution in [1.29, 1.82) is 0 Å². The normalized spacial score (nSPS) is 22.1. The van der Waals surface area contributed by atoms with Crippen molar-refractivity contribution in [2.24, 2.45) is 5.73 Å². The maximum atomic E-state index is 6.17. The Bertz CT molecular complexity index is 250. The van der Waals surface area contributed by atoms with E-state index in [4.69, 9.17) is 10.5 Å². The van der Waals surface area contributed by atoms with Gasteiger partial charge in [0, 0.05) is 44.4 Å². The van der Waals surface area contributed by atoms with Gasteiger partial charge in [0.2, 0.25) is 0 Å². The lowest BCUT2D eigenvalue weighted by molar-refractivity contribution is -0.0221. The van der Waals surface area contributed by atoms with Crippen LogP contribution in [0.5, 0.6) is 0 Å². The fraction of sp³-hybridized carbons (Fsp3) is 1.00. The van der Waals surface area contributed by atoms with Gasteiger partial charge in [-0.15, -0.1) is 0 Å². The molecule has 0 aromatic heterocycles. The standard InChI is InChI=1S/C15H33N3O/c1-6-18(14(4)11-19-5)15(12-16)7-9-17(10-8-15)13(2)3/h13-14H,6-12,16H2,1-5H3. The SMILES string of the molecule is CCN(C(C)COC)C1(CN)CCN(C(C)C)CC1. The monoisotopic (exact) mass is 271 g/mol. The average Bonchev–Trinajstić information content (AvgIpc) is 2.40. The van der Waals surface area contributed by atoms with Crippen molar-refractivity contribution in [3.63, 3.8) is 0 Å². The molecule has 1 rings (SSSR count). The van der Waals surface area contributed by atoms with Gasteiger partial charge in [-0.3, -0.25) is 4.90 Å². The minimum Gasteiger partial charge on any atom is -0.383 e. The second-order valence-electron chi connectivity index (χ2n) is 6.15. The van der Waals surface area contributed by atoms with Crippen LogP contribution in [0.2, 0.25) is 0 Å². The van der Waals surface area contributed by atoms with Crippen LogP contribution in [0.4, 0.5) is 0 Å². The highest BCUT2D eigenvalue weighted by Gasteiger charge is 2.40. The van der Waals surface area contributed by atoms with E-state index >= 15 is 0 Å². The Kier molecular flexibility index (Phi) is 6.74. The highest BCUT2D eigenvalue weighted by molar-refractivity contribution is 4.98. The molecule has 0 spiro atoms. The molecule has 0 amide bonds. The number of nitrogens with two attached hydrogens (primary N) is 1. The van der Waals surface area contributed by atoms with E-state index < -0.39 is 0 Å². The first kappa shape index (κ1) is 16.9. The Hall–Kier alpha value is -0.160. The molecule has 0 aromatic carbocycles. The largest absolute Gasteiger partial charge is 0.383 e. The van der Waals surface area contributed by atoms with Crippen LogP contribution in [0, 0.1) is 0 Å². The van der Waals surface area contributed by atoms with E-state index in [1.165, 1.54) is 12.8 Å². The molecule has 4 nitrogen and oxygen atoms in total. The van der Waals surface area contributed by atoms with Gasteiger partial charge >= 0.3 is 0 Å². The van der Waals surface area contributed by atoms with Crippen molar-refractivity contribution >= 4 is 0 Å². The average molecular weight is 271 g/mol. The zero-order valence-corrected chi connectivity index (χ0v) is 13.5. The van der Waals surface area contributed by atoms with Crippen molar-refractivity contribution in [2.45, 2.75) is 58.2 Å². The molecule has 2 N–H and O–H groups in total. The van der Waals surface area contributed by atoms with Crippen LogP contribution in [-0.2, 0) is 4.74 Å². The van der Waals surface area contributed by atoms with Gasteiger partial charge in [0.25, 0.3) is 0 Å². The predicted molar refractivity (Wildman–Crippen MR) is 81.4 cm³/mol. The number of hydrogen-bond donors (Lipinski definition) is 1. The van der Waals surface area contributed by atoms with Gasteiger partial charge in [0.15, 0.2) is 0 Å². The Balaban J connectivity index is 2.74. The third-order valence-corrected chi connectivity index (χ3v) is 4.73. The predicted octanol–water partition coefficient (Wildman–Crippen LogP) is 1.54. The molecule has 114 valence electrons. The van der Waals surface area contributed by atoms with E-state index in [0.717, 1.165) is 32.8 Å². The van der Waals surface area contributed by atoms with Crippen molar-refractivity contribution in [3.8, 4) is 0 Å². The molecule has 19 heavy (non-hydrogen) atoms. The van der Waals surface area contributed by atoms with E-state index in [2.05, 4.69) is 37.5 Å². The van der Waals surface area contributed by atoms with E-state index in [0.29, 0.717) is 12.1 Å². The van der Waals surface area contributed by atoms with Gasteiger partial charge in [0.05, 0.1) is 6.61 Å². The number of likely N-dealkylation sites (tertiary alicyclic amines) is 1. The Morgan fingerprint density at radius 2 is 1.84 bits per heavy atom. The fourth-order valence-electron chi connectivity index (χ4n) is 3.51. The molecule has 0 aromatic rings. The van der Waals surface area contributed by atoms with Crippen molar-refractivity contribution in [2.75, 3.05) is 39.9 Å². The summed E-state index contributed by atoms with van der Waals surface area (Å²) in [6.45, 7) is 13.9. The van der Waals surface area contributed by atoms with E-state index in [9.17, 15) is 0 Å². The summed E-state index contributed by atoms with van der Waals surface area (Å²) in [4.78, 5) is 5.12. The van der Waals surface area contributed by atoms with Gasteiger partial charge < -0.3 is 15.4 Å². The lowest BCUT2D eigenvalue weighted by Gasteiger charge is -2.51. The fourth-order valence-corrected chi connectivity index (χ4v) is 3.51. The number of piperidine rings is 1. The summed E-state index contributed by atoms with van der Waals surface area (Å²) in [6, 6.07) is 1.08. The van der Waals surface area contributed by atoms with Gasteiger partial charge in [-0.25, -0.2) is 0 Å². The molecule has 1 aliphatic rings. The summed E-state index contributed by atoms with van der Waals surface area (Å²) in [5.74, 6) is 0. The van der Waals surface area contributed by atoms with Crippen LogP contribution in [-0.4, -0.2) is 67.3 Å². The van der Waals surface area contributed by atoms with Crippen LogP contribution in [0.25, 0.3) is 0 Å². The minimum absolute atomic E-state index is 0.165. The molecule has 4 heteroatoms. The van der Waals surface area contributed by atoms with E-state index in [-0.39, 0.29) is 5.54 Å². The number of nitrogens with zero attached hydrogens (tertiary/aromatic N) is 2. The summed E-state index contributed by atoms with van der Waals surface area (Å²) < 4.78 is 5.33. The first-order valence-electron chi connectivity index (χ1n) is 7.70. The van der Waals surface area contributed by atoms with Crippen molar-refractivity contribution in [3.05, 3.63) is 0 Å². The van der Waals surface area contributed by atoms with Gasteiger partial charge in [-0.05, 0) is 40.2 Å². The van der Waals surface area contributed by atoms with Crippen LogP contribution in [0.1, 0.15) is 40.5 Å². The maximum Gasteiger partial charge on any atom is 0.0615 e. The second kappa shape index (κ2) is 7.58. The molecular formula is C15H33N3O. The number of rotatable bonds is 7. The van der Waals surface area contributed by atoms with Crippen LogP contribution >= 0.6 is 0 Å². The molecule has 1 unspecified atom stereocenters. The first-order valence-corrected chi connectivity index (χ1v) is 7.70. The number of ether oxygens (including phenoxy) is 1. The van der Waals surface area contributed by atoms with Gasteiger partial charge in [-0.1, -0.05) is 6.92 Å². The Labute approximate surface area is 119 Å². The third kappa shape index (κ3) is 3.91. The highest BCUT2D eigenvalue weighted by Crippen LogP contribution is 2.30. The zero-order chi connectivity index (χ0) is 14.5. The first-order chi connectivity index (χ1) is 9.00. The molecule has 1 fully saturated rings. The smallest absolute Gasteiger partial charge is 0.0615 e. The minimum atomic E-state index is 0.165. The van der Waals surface area contributed by atoms with E-state index in [1.807, 2.05) is 0 Å². The number of methoxy groups -OCH3 is 1. The summed E-state index contributed by atoms with van der Waals surface area (Å²) in [5.41, 5.74) is 6.33. The van der Waals surface area contributed by atoms with Gasteiger partial charge in [0.1, 0.15) is 0 Å². The molecule has 0 aliphatic carbocycles. The molecule has 0 bridgehead atoms. The topological polar surface area (TPSA) is 41.7 Å². The van der Waals surface area contributed by atoms with E-state index in [1.54, 1.807) is 7.11 Å². The zero-order valence-electron chi connectivity index (χ0n) is 13.5. The van der Waals surface area contributed by atoms with Gasteiger partial charge in [-0.2, -0.15) is 0 Å². The molecule has 0 saturated carbocycles. The third-order valence-electron chi connectivity index (χ3n) is 4.73. The summed E-state index contributed by atoms with van der Waals surface area (Å²) >= 11 is 0. The number of likely N-dealkylation sites (N-methyl/N-ethyl adjacent to an activating group) is 1. The maximum absolute atomic E-state index is 6.17.